The Morgan fingerprint density at radius 2 is 0.741 bits per heavy atom. The van der Waals surface area contributed by atoms with E-state index in [-0.39, 0.29) is 24.3 Å². The highest BCUT2D eigenvalue weighted by Gasteiger charge is 2.43. The molecule has 0 N–H and O–H groups in total. The summed E-state index contributed by atoms with van der Waals surface area (Å²) in [5.74, 6) is 0. The number of aromatic nitrogens is 2. The molecule has 0 saturated heterocycles. The summed E-state index contributed by atoms with van der Waals surface area (Å²) >= 11 is 0. The third-order valence-corrected chi connectivity index (χ3v) is 7.80. The maximum Gasteiger partial charge on any atom is 0.433 e. The average molecular weight is 754 g/mol. The van der Waals surface area contributed by atoms with E-state index in [1.165, 1.54) is 36.4 Å². The zero-order valence-corrected chi connectivity index (χ0v) is 25.6. The topological polar surface area (TPSA) is 169 Å². The molecule has 2 heterocycles. The molecule has 1 aromatic carbocycles. The number of nitriles is 6. The molecule has 266 valence electrons. The van der Waals surface area contributed by atoms with Crippen molar-refractivity contribution < 1.29 is 52.7 Å². The van der Waals surface area contributed by atoms with Gasteiger partial charge < -0.3 is 0 Å². The number of hydrogen-bond acceptors (Lipinski definition) is 8. The van der Waals surface area contributed by atoms with Crippen molar-refractivity contribution in [1.82, 2.24) is 9.97 Å². The number of nitrogens with zero attached hydrogens (tertiary/aromatic N) is 8. The number of allylic oxidation sites excluding steroid dienone is 8. The molecule has 5 rings (SSSR count). The summed E-state index contributed by atoms with van der Waals surface area (Å²) in [6.07, 6.45) is -21.9. The number of fused-ring (bicyclic) bond motifs is 2. The Morgan fingerprint density at radius 1 is 0.426 bits per heavy atom. The lowest BCUT2D eigenvalue weighted by Crippen LogP contribution is -2.14. The zero-order valence-electron chi connectivity index (χ0n) is 25.6. The van der Waals surface area contributed by atoms with E-state index in [2.05, 4.69) is 9.97 Å². The van der Waals surface area contributed by atoms with E-state index >= 15 is 0 Å². The molecular weight excluding hydrogens is 748 g/mol. The molecule has 0 radical (unpaired) electrons. The largest absolute Gasteiger partial charge is 0.433 e. The SMILES string of the molecule is N#CC(C#N)=C1C(c2cc(C(F)(F)F)cc(C(F)(F)F)n2)=C(C#N)c2cc3c(cc21)C(=C(C#N)C#N)C(c1cc(C(F)(F)F)cc(C(F)(F)F)n1)=C3C#N. The molecule has 2 aromatic heterocycles. The van der Waals surface area contributed by atoms with Gasteiger partial charge in [0.25, 0.3) is 0 Å². The highest BCUT2D eigenvalue weighted by molar-refractivity contribution is 6.29. The highest BCUT2D eigenvalue weighted by atomic mass is 19.4. The van der Waals surface area contributed by atoms with Crippen molar-refractivity contribution in [2.75, 3.05) is 0 Å². The smallest absolute Gasteiger partial charge is 0.243 e. The Balaban J connectivity index is 1.97. The van der Waals surface area contributed by atoms with Gasteiger partial charge in [-0.05, 0) is 47.5 Å². The fourth-order valence-corrected chi connectivity index (χ4v) is 5.69. The summed E-state index contributed by atoms with van der Waals surface area (Å²) in [6, 6.07) is 9.76. The molecule has 0 aliphatic heterocycles. The van der Waals surface area contributed by atoms with Crippen LogP contribution in [0.5, 0.6) is 0 Å². The Morgan fingerprint density at radius 3 is 1.00 bits per heavy atom. The second-order valence-electron chi connectivity index (χ2n) is 10.9. The minimum atomic E-state index is -5.51. The fourth-order valence-electron chi connectivity index (χ4n) is 5.69. The first kappa shape index (κ1) is 37.8. The van der Waals surface area contributed by atoms with Gasteiger partial charge in [-0.1, -0.05) is 0 Å². The van der Waals surface area contributed by atoms with Gasteiger partial charge in [-0.2, -0.15) is 84.3 Å². The van der Waals surface area contributed by atoms with Crippen LogP contribution >= 0.6 is 0 Å². The predicted molar refractivity (Wildman–Crippen MR) is 156 cm³/mol. The first-order chi connectivity index (χ1) is 25.0. The normalized spacial score (nSPS) is 14.0. The minimum absolute atomic E-state index is 0.0961. The number of pyridine rings is 2. The Hall–Kier alpha value is -7.42. The summed E-state index contributed by atoms with van der Waals surface area (Å²) in [4.78, 5) is 6.47. The van der Waals surface area contributed by atoms with E-state index in [1.807, 2.05) is 0 Å². The first-order valence-electron chi connectivity index (χ1n) is 14.0. The fraction of sp³-hybridized carbons (Fsp3) is 0.118. The third-order valence-electron chi connectivity index (χ3n) is 7.80. The minimum Gasteiger partial charge on any atom is -0.243 e. The van der Waals surface area contributed by atoms with E-state index in [0.717, 1.165) is 12.1 Å². The van der Waals surface area contributed by atoms with Crippen molar-refractivity contribution in [3.05, 3.63) is 104 Å². The van der Waals surface area contributed by atoms with Crippen molar-refractivity contribution in [1.29, 1.82) is 31.6 Å². The van der Waals surface area contributed by atoms with Crippen LogP contribution in [0.4, 0.5) is 52.7 Å². The van der Waals surface area contributed by atoms with Gasteiger partial charge in [-0.25, -0.2) is 9.97 Å². The molecule has 0 spiro atoms. The summed E-state index contributed by atoms with van der Waals surface area (Å²) in [5, 5.41) is 59.7. The number of halogens is 12. The molecule has 54 heavy (non-hydrogen) atoms. The third kappa shape index (κ3) is 6.23. The van der Waals surface area contributed by atoms with Crippen LogP contribution in [0, 0.1) is 68.0 Å². The Kier molecular flexibility index (Phi) is 8.87. The summed E-state index contributed by atoms with van der Waals surface area (Å²) < 4.78 is 166. The maximum atomic E-state index is 13.8. The van der Waals surface area contributed by atoms with E-state index in [0.29, 0.717) is 0 Å². The standard InChI is InChI=1S/C34H6F12N8/c35-31(36,37)15-1-23(53-25(3-15)33(41,42)43)29-21(11-51)17-5-18-20(6-19(17)27(29)13(7-47)8-48)28(14(9-49)10-50)30(22(18)12-52)24-2-16(32(38,39)40)4-26(54-24)34(44,45)46/h1-6H. The van der Waals surface area contributed by atoms with Gasteiger partial charge in [0.05, 0.1) is 33.7 Å². The molecule has 0 fully saturated rings. The van der Waals surface area contributed by atoms with Crippen LogP contribution in [0.2, 0.25) is 0 Å². The molecular formula is C34H6F12N8. The molecule has 8 nitrogen and oxygen atoms in total. The number of rotatable bonds is 2. The van der Waals surface area contributed by atoms with Crippen LogP contribution in [0.1, 0.15) is 56.2 Å². The second kappa shape index (κ2) is 12.7. The Bertz CT molecular complexity index is 2330. The summed E-state index contributed by atoms with van der Waals surface area (Å²) in [5.41, 5.74) is -19.7. The Labute approximate surface area is 292 Å². The van der Waals surface area contributed by atoms with E-state index in [4.69, 9.17) is 0 Å². The number of benzene rings is 1. The lowest BCUT2D eigenvalue weighted by atomic mass is 9.90. The van der Waals surface area contributed by atoms with Gasteiger partial charge in [-0.15, -0.1) is 0 Å². The van der Waals surface area contributed by atoms with Gasteiger partial charge in [0, 0.05) is 33.4 Å². The first-order valence-corrected chi connectivity index (χ1v) is 14.0. The van der Waals surface area contributed by atoms with E-state index in [1.54, 1.807) is 0 Å². The monoisotopic (exact) mass is 754 g/mol. The van der Waals surface area contributed by atoms with E-state index < -0.39 is 125 Å². The lowest BCUT2D eigenvalue weighted by molar-refractivity contribution is -0.147. The van der Waals surface area contributed by atoms with E-state index in [9.17, 15) is 84.3 Å². The van der Waals surface area contributed by atoms with Crippen LogP contribution in [0.15, 0.2) is 47.5 Å². The van der Waals surface area contributed by atoms with Gasteiger partial charge in [0.2, 0.25) is 0 Å². The van der Waals surface area contributed by atoms with Crippen molar-refractivity contribution in [3.63, 3.8) is 0 Å². The van der Waals surface area contributed by atoms with Crippen LogP contribution in [0.25, 0.3) is 33.4 Å². The number of hydrogen-bond donors (Lipinski definition) is 0. The molecule has 20 heteroatoms. The highest BCUT2D eigenvalue weighted by Crippen LogP contribution is 2.55. The van der Waals surface area contributed by atoms with Gasteiger partial charge in [0.1, 0.15) is 58.9 Å². The second-order valence-corrected chi connectivity index (χ2v) is 10.9. The summed E-state index contributed by atoms with van der Waals surface area (Å²) in [7, 11) is 0. The molecule has 0 bridgehead atoms. The predicted octanol–water partition coefficient (Wildman–Crippen LogP) is 9.05. The molecule has 2 aliphatic rings. The van der Waals surface area contributed by atoms with Gasteiger partial charge in [-0.3, -0.25) is 0 Å². The van der Waals surface area contributed by atoms with Crippen molar-refractivity contribution in [3.8, 4) is 36.4 Å². The summed E-state index contributed by atoms with van der Waals surface area (Å²) in [6.45, 7) is 0. The molecule has 0 amide bonds. The van der Waals surface area contributed by atoms with Gasteiger partial charge in [0.15, 0.2) is 0 Å². The van der Waals surface area contributed by atoms with Crippen LogP contribution in [0.3, 0.4) is 0 Å². The van der Waals surface area contributed by atoms with Crippen LogP contribution in [-0.4, -0.2) is 9.97 Å². The quantitative estimate of drug-likeness (QED) is 0.184. The van der Waals surface area contributed by atoms with Crippen molar-refractivity contribution >= 4 is 33.4 Å². The van der Waals surface area contributed by atoms with Crippen molar-refractivity contribution in [2.24, 2.45) is 0 Å². The number of alkyl halides is 12. The molecule has 0 unspecified atom stereocenters. The zero-order chi connectivity index (χ0) is 40.3. The molecule has 0 saturated carbocycles. The maximum absolute atomic E-state index is 13.8. The average Bonchev–Trinajstić information content (AvgIpc) is 3.58. The lowest BCUT2D eigenvalue weighted by Gasteiger charge is -2.16. The van der Waals surface area contributed by atoms with Crippen LogP contribution in [-0.2, 0) is 24.7 Å². The molecule has 2 aliphatic carbocycles. The van der Waals surface area contributed by atoms with Gasteiger partial charge >= 0.3 is 24.7 Å². The van der Waals surface area contributed by atoms with Crippen LogP contribution < -0.4 is 0 Å². The molecule has 0 atom stereocenters. The molecule has 3 aromatic rings. The van der Waals surface area contributed by atoms with Crippen molar-refractivity contribution in [2.45, 2.75) is 24.7 Å².